The fraction of sp³-hybridized carbons (Fsp3) is 0.286. The second kappa shape index (κ2) is 8.98. The predicted octanol–water partition coefficient (Wildman–Crippen LogP) is 3.08. The minimum Gasteiger partial charge on any atom is -0.419 e. The highest BCUT2D eigenvalue weighted by atomic mass is 35.5. The molecule has 1 aromatic heterocycles. The van der Waals surface area contributed by atoms with Crippen LogP contribution in [0.3, 0.4) is 0 Å². The topological polar surface area (TPSA) is 76.6 Å². The molecular formula is C21H25ClN3O3S+. The molecule has 2 aromatic carbocycles. The van der Waals surface area contributed by atoms with Gasteiger partial charge >= 0.3 is 0 Å². The monoisotopic (exact) mass is 434 g/mol. The summed E-state index contributed by atoms with van der Waals surface area (Å²) in [6, 6.07) is 13.7. The van der Waals surface area contributed by atoms with Crippen LogP contribution in [0, 0.1) is 6.92 Å². The van der Waals surface area contributed by atoms with Crippen molar-refractivity contribution in [3.05, 3.63) is 59.1 Å². The number of aryl methyl sites for hydroxylation is 1. The molecule has 0 aliphatic heterocycles. The molecule has 29 heavy (non-hydrogen) atoms. The van der Waals surface area contributed by atoms with Crippen LogP contribution in [-0.2, 0) is 9.84 Å². The van der Waals surface area contributed by atoms with Crippen molar-refractivity contribution in [2.45, 2.75) is 23.3 Å². The summed E-state index contributed by atoms with van der Waals surface area (Å²) in [4.78, 5) is 5.80. The normalized spacial score (nSPS) is 11.8. The quantitative estimate of drug-likeness (QED) is 0.533. The molecule has 0 aliphatic rings. The Morgan fingerprint density at radius 3 is 2.45 bits per heavy atom. The molecule has 0 bridgehead atoms. The van der Waals surface area contributed by atoms with Gasteiger partial charge < -0.3 is 14.6 Å². The van der Waals surface area contributed by atoms with E-state index in [-0.39, 0.29) is 21.7 Å². The SMILES string of the molecule is Cc1ccc(S(=O)(=O)c2nc(-c3ccccc3Cl)oc2NCCC[NH+](C)C)cc1. The average molecular weight is 435 g/mol. The lowest BCUT2D eigenvalue weighted by molar-refractivity contribution is -0.858. The Kier molecular flexibility index (Phi) is 6.62. The first-order chi connectivity index (χ1) is 13.8. The van der Waals surface area contributed by atoms with Crippen molar-refractivity contribution in [3.8, 4) is 11.5 Å². The van der Waals surface area contributed by atoms with E-state index in [0.717, 1.165) is 18.5 Å². The number of hydrogen-bond acceptors (Lipinski definition) is 5. The van der Waals surface area contributed by atoms with E-state index in [1.54, 1.807) is 48.5 Å². The largest absolute Gasteiger partial charge is 0.419 e. The Morgan fingerprint density at radius 2 is 1.79 bits per heavy atom. The number of quaternary nitrogens is 1. The molecule has 0 saturated heterocycles. The first kappa shape index (κ1) is 21.4. The molecule has 0 saturated carbocycles. The highest BCUT2D eigenvalue weighted by molar-refractivity contribution is 7.91. The van der Waals surface area contributed by atoms with Crippen molar-refractivity contribution in [1.29, 1.82) is 0 Å². The van der Waals surface area contributed by atoms with Gasteiger partial charge in [-0.3, -0.25) is 0 Å². The van der Waals surface area contributed by atoms with Crippen LogP contribution in [0.5, 0.6) is 0 Å². The van der Waals surface area contributed by atoms with E-state index in [9.17, 15) is 8.42 Å². The highest BCUT2D eigenvalue weighted by Crippen LogP contribution is 2.34. The Labute approximate surface area is 176 Å². The van der Waals surface area contributed by atoms with E-state index in [4.69, 9.17) is 16.0 Å². The van der Waals surface area contributed by atoms with Crippen LogP contribution in [0.4, 0.5) is 5.88 Å². The van der Waals surface area contributed by atoms with Crippen molar-refractivity contribution < 1.29 is 17.7 Å². The summed E-state index contributed by atoms with van der Waals surface area (Å²) in [5.74, 6) is 0.302. The molecule has 1 heterocycles. The number of hydrogen-bond donors (Lipinski definition) is 2. The van der Waals surface area contributed by atoms with Crippen molar-refractivity contribution in [1.82, 2.24) is 4.98 Å². The summed E-state index contributed by atoms with van der Waals surface area (Å²) in [6.45, 7) is 3.42. The molecule has 0 fully saturated rings. The molecule has 6 nitrogen and oxygen atoms in total. The number of nitrogens with zero attached hydrogens (tertiary/aromatic N) is 1. The summed E-state index contributed by atoms with van der Waals surface area (Å²) in [5, 5.41) is 3.41. The van der Waals surface area contributed by atoms with Crippen molar-refractivity contribution in [2.24, 2.45) is 0 Å². The van der Waals surface area contributed by atoms with Gasteiger partial charge in [-0.15, -0.1) is 0 Å². The smallest absolute Gasteiger partial charge is 0.233 e. The number of nitrogens with one attached hydrogen (secondary N) is 2. The molecule has 154 valence electrons. The fourth-order valence-corrected chi connectivity index (χ4v) is 4.32. The van der Waals surface area contributed by atoms with Gasteiger partial charge in [0, 0.05) is 13.0 Å². The molecule has 0 aliphatic carbocycles. The average Bonchev–Trinajstić information content (AvgIpc) is 3.10. The van der Waals surface area contributed by atoms with Gasteiger partial charge in [0.05, 0.1) is 36.1 Å². The number of aromatic nitrogens is 1. The van der Waals surface area contributed by atoms with E-state index >= 15 is 0 Å². The van der Waals surface area contributed by atoms with Crippen molar-refractivity contribution in [2.75, 3.05) is 32.5 Å². The summed E-state index contributed by atoms with van der Waals surface area (Å²) in [7, 11) is 0.278. The molecule has 0 atom stereocenters. The molecule has 0 amide bonds. The maximum atomic E-state index is 13.2. The standard InChI is InChI=1S/C21H24ClN3O3S/c1-15-9-11-16(12-10-15)29(26,27)21-20(23-13-6-14-25(2)3)28-19(24-21)17-7-4-5-8-18(17)22/h4-5,7-12,23H,6,13-14H2,1-3H3/p+1. The van der Waals surface area contributed by atoms with Gasteiger partial charge in [0.15, 0.2) is 0 Å². The van der Waals surface area contributed by atoms with Gasteiger partial charge in [0.1, 0.15) is 0 Å². The maximum Gasteiger partial charge on any atom is 0.233 e. The molecule has 3 rings (SSSR count). The third-order valence-electron chi connectivity index (χ3n) is 4.43. The van der Waals surface area contributed by atoms with E-state index in [1.165, 1.54) is 4.90 Å². The van der Waals surface area contributed by atoms with Gasteiger partial charge in [-0.1, -0.05) is 41.4 Å². The zero-order valence-corrected chi connectivity index (χ0v) is 18.3. The highest BCUT2D eigenvalue weighted by Gasteiger charge is 2.29. The zero-order chi connectivity index (χ0) is 21.0. The minimum atomic E-state index is -3.86. The zero-order valence-electron chi connectivity index (χ0n) is 16.7. The van der Waals surface area contributed by atoms with Gasteiger partial charge in [-0.2, -0.15) is 4.98 Å². The second-order valence-corrected chi connectivity index (χ2v) is 9.46. The summed E-state index contributed by atoms with van der Waals surface area (Å²) < 4.78 is 32.3. The molecular weight excluding hydrogens is 410 g/mol. The molecule has 8 heteroatoms. The lowest BCUT2D eigenvalue weighted by Crippen LogP contribution is -3.05. The summed E-state index contributed by atoms with van der Waals surface area (Å²) in [6.07, 6.45) is 0.856. The fourth-order valence-electron chi connectivity index (χ4n) is 2.82. The lowest BCUT2D eigenvalue weighted by Gasteiger charge is -2.08. The number of sulfone groups is 1. The first-order valence-electron chi connectivity index (χ1n) is 9.39. The first-order valence-corrected chi connectivity index (χ1v) is 11.3. The minimum absolute atomic E-state index is 0.131. The Morgan fingerprint density at radius 1 is 1.10 bits per heavy atom. The van der Waals surface area contributed by atoms with E-state index in [1.807, 2.05) is 6.92 Å². The molecule has 3 aromatic rings. The Balaban J connectivity index is 2.01. The number of anilines is 1. The van der Waals surface area contributed by atoms with Crippen LogP contribution in [-0.4, -0.2) is 40.6 Å². The van der Waals surface area contributed by atoms with Crippen molar-refractivity contribution >= 4 is 27.3 Å². The Hall–Kier alpha value is -2.35. The lowest BCUT2D eigenvalue weighted by atomic mass is 10.2. The van der Waals surface area contributed by atoms with Crippen LogP contribution in [0.25, 0.3) is 11.5 Å². The van der Waals surface area contributed by atoms with Gasteiger partial charge in [0.2, 0.25) is 26.6 Å². The van der Waals surface area contributed by atoms with Crippen LogP contribution in [0.15, 0.2) is 62.9 Å². The maximum absolute atomic E-state index is 13.2. The Bertz CT molecular complexity index is 1080. The van der Waals surface area contributed by atoms with Crippen molar-refractivity contribution in [3.63, 3.8) is 0 Å². The van der Waals surface area contributed by atoms with Gasteiger partial charge in [-0.05, 0) is 31.2 Å². The van der Waals surface area contributed by atoms with Gasteiger partial charge in [-0.25, -0.2) is 8.42 Å². The third kappa shape index (κ3) is 4.98. The number of oxazole rings is 1. The van der Waals surface area contributed by atoms with Gasteiger partial charge in [0.25, 0.3) is 0 Å². The van der Waals surface area contributed by atoms with Crippen LogP contribution in [0.1, 0.15) is 12.0 Å². The third-order valence-corrected chi connectivity index (χ3v) is 6.43. The number of benzene rings is 2. The van der Waals surface area contributed by atoms with E-state index in [0.29, 0.717) is 17.1 Å². The van der Waals surface area contributed by atoms with Crippen LogP contribution in [0.2, 0.25) is 5.02 Å². The second-order valence-electron chi connectivity index (χ2n) is 7.19. The molecule has 2 N–H and O–H groups in total. The van der Waals surface area contributed by atoms with E-state index in [2.05, 4.69) is 24.4 Å². The molecule has 0 unspecified atom stereocenters. The predicted molar refractivity (Wildman–Crippen MR) is 114 cm³/mol. The molecule has 0 spiro atoms. The number of halogens is 1. The van der Waals surface area contributed by atoms with E-state index < -0.39 is 9.84 Å². The van der Waals surface area contributed by atoms with Crippen LogP contribution < -0.4 is 10.2 Å². The summed E-state index contributed by atoms with van der Waals surface area (Å²) in [5.41, 5.74) is 1.52. The number of rotatable bonds is 8. The van der Waals surface area contributed by atoms with Crippen LogP contribution >= 0.6 is 11.6 Å². The summed E-state index contributed by atoms with van der Waals surface area (Å²) >= 11 is 6.26. The molecule has 0 radical (unpaired) electrons.